The second kappa shape index (κ2) is 6.31. The number of benzene rings is 2. The molecule has 2 rings (SSSR count). The Labute approximate surface area is 103 Å². The number of rotatable bonds is 3. The largest absolute Gasteiger partial charge is 0.330 e. The van der Waals surface area contributed by atoms with Gasteiger partial charge in [-0.3, -0.25) is 0 Å². The zero-order valence-electron chi connectivity index (χ0n) is 9.10. The van der Waals surface area contributed by atoms with Gasteiger partial charge in [0, 0.05) is 0 Å². The molecule has 2 heteroatoms. The molecule has 0 aromatic heterocycles. The predicted octanol–water partition coefficient (Wildman–Crippen LogP) is 3.28. The van der Waals surface area contributed by atoms with Gasteiger partial charge in [-0.1, -0.05) is 54.6 Å². The Morgan fingerprint density at radius 2 is 1.31 bits per heavy atom. The quantitative estimate of drug-likeness (QED) is 0.865. The third-order valence-corrected chi connectivity index (χ3v) is 2.49. The Morgan fingerprint density at radius 1 is 0.750 bits per heavy atom. The van der Waals surface area contributed by atoms with E-state index in [-0.39, 0.29) is 12.4 Å². The first-order valence-electron chi connectivity index (χ1n) is 5.24. The SMILES string of the molecule is Cl.NCCc1ccc(-c2ccccc2)cc1. The molecule has 84 valence electrons. The fourth-order valence-corrected chi connectivity index (χ4v) is 1.66. The fourth-order valence-electron chi connectivity index (χ4n) is 1.66. The smallest absolute Gasteiger partial charge is 0.00367 e. The van der Waals surface area contributed by atoms with Crippen LogP contribution >= 0.6 is 12.4 Å². The summed E-state index contributed by atoms with van der Waals surface area (Å²) in [4.78, 5) is 0. The highest BCUT2D eigenvalue weighted by atomic mass is 35.5. The van der Waals surface area contributed by atoms with Crippen molar-refractivity contribution in [1.29, 1.82) is 0 Å². The molecule has 0 spiro atoms. The van der Waals surface area contributed by atoms with Crippen molar-refractivity contribution in [2.45, 2.75) is 6.42 Å². The minimum atomic E-state index is 0. The number of hydrogen-bond donors (Lipinski definition) is 1. The maximum Gasteiger partial charge on any atom is -0.00367 e. The van der Waals surface area contributed by atoms with E-state index in [0.29, 0.717) is 6.54 Å². The van der Waals surface area contributed by atoms with Gasteiger partial charge in [0.2, 0.25) is 0 Å². The van der Waals surface area contributed by atoms with Crippen LogP contribution in [0.15, 0.2) is 54.6 Å². The molecule has 16 heavy (non-hydrogen) atoms. The molecule has 0 aliphatic carbocycles. The van der Waals surface area contributed by atoms with Crippen LogP contribution in [-0.4, -0.2) is 6.54 Å². The van der Waals surface area contributed by atoms with Crippen LogP contribution in [0.2, 0.25) is 0 Å². The normalized spacial score (nSPS) is 9.56. The highest BCUT2D eigenvalue weighted by Gasteiger charge is 1.96. The van der Waals surface area contributed by atoms with Crippen LogP contribution in [0.3, 0.4) is 0 Å². The van der Waals surface area contributed by atoms with Crippen LogP contribution in [0.1, 0.15) is 5.56 Å². The van der Waals surface area contributed by atoms with Gasteiger partial charge in [0.15, 0.2) is 0 Å². The lowest BCUT2D eigenvalue weighted by atomic mass is 10.0. The van der Waals surface area contributed by atoms with Crippen LogP contribution in [-0.2, 0) is 6.42 Å². The third kappa shape index (κ3) is 3.09. The van der Waals surface area contributed by atoms with Gasteiger partial charge in [0.05, 0.1) is 0 Å². The Balaban J connectivity index is 0.00000128. The van der Waals surface area contributed by atoms with E-state index < -0.39 is 0 Å². The lowest BCUT2D eigenvalue weighted by Gasteiger charge is -2.03. The summed E-state index contributed by atoms with van der Waals surface area (Å²) in [6.07, 6.45) is 0.953. The molecule has 0 fully saturated rings. The summed E-state index contributed by atoms with van der Waals surface area (Å²) >= 11 is 0. The summed E-state index contributed by atoms with van der Waals surface area (Å²) in [5.41, 5.74) is 9.33. The zero-order valence-corrected chi connectivity index (χ0v) is 9.91. The minimum absolute atomic E-state index is 0. The summed E-state index contributed by atoms with van der Waals surface area (Å²) in [6, 6.07) is 19.0. The van der Waals surface area contributed by atoms with Gasteiger partial charge < -0.3 is 5.73 Å². The van der Waals surface area contributed by atoms with Crippen LogP contribution < -0.4 is 5.73 Å². The maximum absolute atomic E-state index is 5.51. The van der Waals surface area contributed by atoms with Gasteiger partial charge >= 0.3 is 0 Å². The lowest BCUT2D eigenvalue weighted by molar-refractivity contribution is 0.969. The molecule has 0 radical (unpaired) electrons. The van der Waals surface area contributed by atoms with E-state index in [9.17, 15) is 0 Å². The Morgan fingerprint density at radius 3 is 1.88 bits per heavy atom. The molecule has 2 aromatic carbocycles. The van der Waals surface area contributed by atoms with E-state index in [1.165, 1.54) is 16.7 Å². The number of nitrogens with two attached hydrogens (primary N) is 1. The van der Waals surface area contributed by atoms with E-state index in [1.807, 2.05) is 6.07 Å². The molecule has 0 aliphatic rings. The number of halogens is 1. The van der Waals surface area contributed by atoms with Crippen LogP contribution in [0.4, 0.5) is 0 Å². The van der Waals surface area contributed by atoms with E-state index >= 15 is 0 Å². The molecule has 2 N–H and O–H groups in total. The van der Waals surface area contributed by atoms with Crippen LogP contribution in [0.5, 0.6) is 0 Å². The highest BCUT2D eigenvalue weighted by Crippen LogP contribution is 2.19. The summed E-state index contributed by atoms with van der Waals surface area (Å²) in [6.45, 7) is 0.713. The van der Waals surface area contributed by atoms with Gasteiger partial charge in [0.25, 0.3) is 0 Å². The molecular formula is C14H16ClN. The summed E-state index contributed by atoms with van der Waals surface area (Å²) in [5, 5.41) is 0. The van der Waals surface area contributed by atoms with Crippen molar-refractivity contribution >= 4 is 12.4 Å². The highest BCUT2D eigenvalue weighted by molar-refractivity contribution is 5.85. The summed E-state index contributed by atoms with van der Waals surface area (Å²) < 4.78 is 0. The molecule has 0 amide bonds. The standard InChI is InChI=1S/C14H15N.ClH/c15-11-10-12-6-8-14(9-7-12)13-4-2-1-3-5-13;/h1-9H,10-11,15H2;1H. The van der Waals surface area contributed by atoms with E-state index in [4.69, 9.17) is 5.73 Å². The molecule has 0 bridgehead atoms. The minimum Gasteiger partial charge on any atom is -0.330 e. The first kappa shape index (κ1) is 12.8. The van der Waals surface area contributed by atoms with Crippen molar-refractivity contribution in [2.24, 2.45) is 5.73 Å². The van der Waals surface area contributed by atoms with Crippen molar-refractivity contribution < 1.29 is 0 Å². The van der Waals surface area contributed by atoms with E-state index in [2.05, 4.69) is 48.5 Å². The van der Waals surface area contributed by atoms with Gasteiger partial charge in [-0.2, -0.15) is 0 Å². The second-order valence-corrected chi connectivity index (χ2v) is 3.60. The van der Waals surface area contributed by atoms with Crippen molar-refractivity contribution in [3.8, 4) is 11.1 Å². The van der Waals surface area contributed by atoms with Crippen molar-refractivity contribution in [1.82, 2.24) is 0 Å². The average Bonchev–Trinajstić information content (AvgIpc) is 2.32. The molecule has 1 nitrogen and oxygen atoms in total. The van der Waals surface area contributed by atoms with Crippen LogP contribution in [0, 0.1) is 0 Å². The van der Waals surface area contributed by atoms with Gasteiger partial charge in [-0.25, -0.2) is 0 Å². The molecular weight excluding hydrogens is 218 g/mol. The average molecular weight is 234 g/mol. The molecule has 0 aliphatic heterocycles. The van der Waals surface area contributed by atoms with Crippen molar-refractivity contribution in [3.05, 3.63) is 60.2 Å². The molecule has 0 saturated carbocycles. The van der Waals surface area contributed by atoms with Crippen LogP contribution in [0.25, 0.3) is 11.1 Å². The monoisotopic (exact) mass is 233 g/mol. The molecule has 0 heterocycles. The van der Waals surface area contributed by atoms with E-state index in [1.54, 1.807) is 0 Å². The molecule has 0 saturated heterocycles. The Kier molecular flexibility index (Phi) is 5.03. The first-order valence-corrected chi connectivity index (χ1v) is 5.24. The van der Waals surface area contributed by atoms with Gasteiger partial charge in [0.1, 0.15) is 0 Å². The molecule has 2 aromatic rings. The fraction of sp³-hybridized carbons (Fsp3) is 0.143. The van der Waals surface area contributed by atoms with Gasteiger partial charge in [-0.15, -0.1) is 12.4 Å². The zero-order chi connectivity index (χ0) is 10.5. The van der Waals surface area contributed by atoms with Crippen molar-refractivity contribution in [3.63, 3.8) is 0 Å². The lowest BCUT2D eigenvalue weighted by Crippen LogP contribution is -2.02. The second-order valence-electron chi connectivity index (χ2n) is 3.60. The predicted molar refractivity (Wildman–Crippen MR) is 71.9 cm³/mol. The Hall–Kier alpha value is -1.31. The summed E-state index contributed by atoms with van der Waals surface area (Å²) in [5.74, 6) is 0. The summed E-state index contributed by atoms with van der Waals surface area (Å²) in [7, 11) is 0. The topological polar surface area (TPSA) is 26.0 Å². The van der Waals surface area contributed by atoms with Gasteiger partial charge in [-0.05, 0) is 29.7 Å². The Bertz CT molecular complexity index is 409. The molecule has 0 atom stereocenters. The maximum atomic E-state index is 5.51. The third-order valence-electron chi connectivity index (χ3n) is 2.49. The first-order chi connectivity index (χ1) is 7.40. The number of hydrogen-bond acceptors (Lipinski definition) is 1. The van der Waals surface area contributed by atoms with Crippen molar-refractivity contribution in [2.75, 3.05) is 6.54 Å². The molecule has 0 unspecified atom stereocenters. The van der Waals surface area contributed by atoms with E-state index in [0.717, 1.165) is 6.42 Å².